The quantitative estimate of drug-likeness (QED) is 0.508. The molecule has 0 aliphatic rings. The number of hydrogen-bond acceptors (Lipinski definition) is 3. The van der Waals surface area contributed by atoms with Gasteiger partial charge in [0.1, 0.15) is 6.26 Å². The molecule has 0 spiro atoms. The zero-order valence-electron chi connectivity index (χ0n) is 4.00. The highest BCUT2D eigenvalue weighted by atomic mass is 16.5. The van der Waals surface area contributed by atoms with E-state index in [0.717, 1.165) is 0 Å². The van der Waals surface area contributed by atoms with Gasteiger partial charge in [-0.25, -0.2) is 0 Å². The van der Waals surface area contributed by atoms with E-state index < -0.39 is 0 Å². The molecule has 0 aromatic carbocycles. The topological polar surface area (TPSA) is 46.2 Å². The van der Waals surface area contributed by atoms with Gasteiger partial charge < -0.3 is 9.15 Å². The Balaban J connectivity index is 2.67. The molecule has 1 rings (SSSR count). The molecule has 8 heavy (non-hydrogen) atoms. The van der Waals surface area contributed by atoms with E-state index in [9.17, 15) is 0 Å². The lowest BCUT2D eigenvalue weighted by Crippen LogP contribution is -1.74. The Morgan fingerprint density at radius 3 is 3.12 bits per heavy atom. The summed E-state index contributed by atoms with van der Waals surface area (Å²) in [5, 5.41) is 7.92. The number of ether oxygens (including phenoxy) is 1. The van der Waals surface area contributed by atoms with Gasteiger partial charge in [0.05, 0.1) is 6.26 Å². The first-order valence-corrected chi connectivity index (χ1v) is 2.01. The maximum Gasteiger partial charge on any atom is 0.292 e. The maximum absolute atomic E-state index is 7.92. The summed E-state index contributed by atoms with van der Waals surface area (Å²) >= 11 is 0. The van der Waals surface area contributed by atoms with Crippen molar-refractivity contribution in [1.82, 2.24) is 0 Å². The van der Waals surface area contributed by atoms with Crippen LogP contribution in [0.25, 0.3) is 0 Å². The van der Waals surface area contributed by atoms with Crippen molar-refractivity contribution < 1.29 is 9.15 Å². The summed E-state index contributed by atoms with van der Waals surface area (Å²) in [6.45, 7) is 0. The third-order valence-corrected chi connectivity index (χ3v) is 0.659. The van der Waals surface area contributed by atoms with Gasteiger partial charge in [0.2, 0.25) is 0 Å². The third kappa shape index (κ3) is 0.793. The Morgan fingerprint density at radius 1 is 1.75 bits per heavy atom. The largest absolute Gasteiger partial charge is 0.469 e. The molecule has 0 unspecified atom stereocenters. The summed E-state index contributed by atoms with van der Waals surface area (Å²) in [5.41, 5.74) is 0. The van der Waals surface area contributed by atoms with Crippen LogP contribution < -0.4 is 4.74 Å². The van der Waals surface area contributed by atoms with Gasteiger partial charge >= 0.3 is 0 Å². The monoisotopic (exact) mass is 109 g/mol. The lowest BCUT2D eigenvalue weighted by Gasteiger charge is -1.80. The van der Waals surface area contributed by atoms with E-state index in [1.54, 1.807) is 6.07 Å². The molecule has 0 N–H and O–H groups in total. The molecule has 3 nitrogen and oxygen atoms in total. The van der Waals surface area contributed by atoms with Gasteiger partial charge in [-0.2, -0.15) is 0 Å². The van der Waals surface area contributed by atoms with Gasteiger partial charge in [-0.1, -0.05) is 0 Å². The van der Waals surface area contributed by atoms with Crippen LogP contribution >= 0.6 is 0 Å². The number of nitriles is 1. The van der Waals surface area contributed by atoms with Gasteiger partial charge in [-0.15, -0.1) is 5.26 Å². The molecule has 0 atom stereocenters. The van der Waals surface area contributed by atoms with E-state index >= 15 is 0 Å². The van der Waals surface area contributed by atoms with Crippen molar-refractivity contribution >= 4 is 0 Å². The fourth-order valence-corrected chi connectivity index (χ4v) is 0.363. The highest BCUT2D eigenvalue weighted by Gasteiger charge is 1.88. The van der Waals surface area contributed by atoms with Crippen LogP contribution in [0, 0.1) is 11.5 Å². The standard InChI is InChI=1S/C5H3NO2/c6-4-8-5-1-2-7-3-5/h1-3H. The van der Waals surface area contributed by atoms with Gasteiger partial charge in [0.15, 0.2) is 5.75 Å². The molecule has 0 saturated carbocycles. The molecule has 40 valence electrons. The Hall–Kier alpha value is -1.43. The molecule has 0 aliphatic carbocycles. The van der Waals surface area contributed by atoms with Crippen molar-refractivity contribution in [3.05, 3.63) is 18.6 Å². The second kappa shape index (κ2) is 2.03. The minimum atomic E-state index is 0.438. The molecule has 0 fully saturated rings. The first-order valence-electron chi connectivity index (χ1n) is 2.01. The van der Waals surface area contributed by atoms with Gasteiger partial charge in [-0.05, 0) is 0 Å². The molecule has 1 aromatic rings. The number of furan rings is 1. The predicted octanol–water partition coefficient (Wildman–Crippen LogP) is 1.14. The van der Waals surface area contributed by atoms with E-state index in [4.69, 9.17) is 5.26 Å². The van der Waals surface area contributed by atoms with Crippen molar-refractivity contribution in [1.29, 1.82) is 5.26 Å². The minimum Gasteiger partial charge on any atom is -0.469 e. The molecule has 1 aromatic heterocycles. The number of hydrogen-bond donors (Lipinski definition) is 0. The second-order valence-electron chi connectivity index (χ2n) is 1.15. The van der Waals surface area contributed by atoms with Crippen LogP contribution in [0.5, 0.6) is 5.75 Å². The lowest BCUT2D eigenvalue weighted by atomic mass is 10.6. The predicted molar refractivity (Wildman–Crippen MR) is 24.9 cm³/mol. The SMILES string of the molecule is N#COc1ccoc1. The highest BCUT2D eigenvalue weighted by Crippen LogP contribution is 2.08. The van der Waals surface area contributed by atoms with Crippen molar-refractivity contribution in [2.75, 3.05) is 0 Å². The van der Waals surface area contributed by atoms with E-state index in [1.165, 1.54) is 18.8 Å². The van der Waals surface area contributed by atoms with Crippen molar-refractivity contribution in [3.8, 4) is 12.0 Å². The van der Waals surface area contributed by atoms with Crippen molar-refractivity contribution in [2.24, 2.45) is 0 Å². The molecule has 0 amide bonds. The van der Waals surface area contributed by atoms with Crippen LogP contribution in [0.3, 0.4) is 0 Å². The average molecular weight is 109 g/mol. The molecule has 0 saturated heterocycles. The molecular weight excluding hydrogens is 106 g/mol. The fraction of sp³-hybridized carbons (Fsp3) is 0. The van der Waals surface area contributed by atoms with Gasteiger partial charge in [-0.3, -0.25) is 0 Å². The Kier molecular flexibility index (Phi) is 1.20. The van der Waals surface area contributed by atoms with E-state index in [1.807, 2.05) is 0 Å². The minimum absolute atomic E-state index is 0.438. The third-order valence-electron chi connectivity index (χ3n) is 0.659. The van der Waals surface area contributed by atoms with Crippen LogP contribution in [-0.2, 0) is 0 Å². The Labute approximate surface area is 46.1 Å². The van der Waals surface area contributed by atoms with Crippen molar-refractivity contribution in [2.45, 2.75) is 0 Å². The lowest BCUT2D eigenvalue weighted by molar-refractivity contribution is 0.485. The number of rotatable bonds is 1. The smallest absolute Gasteiger partial charge is 0.292 e. The van der Waals surface area contributed by atoms with Gasteiger partial charge in [0, 0.05) is 6.07 Å². The molecular formula is C5H3NO2. The molecule has 3 heteroatoms. The zero-order valence-corrected chi connectivity index (χ0v) is 4.00. The normalized spacial score (nSPS) is 7.88. The average Bonchev–Trinajstić information content (AvgIpc) is 2.19. The summed E-state index contributed by atoms with van der Waals surface area (Å²) in [4.78, 5) is 0. The molecule has 0 bridgehead atoms. The van der Waals surface area contributed by atoms with Crippen LogP contribution in [0.15, 0.2) is 23.0 Å². The van der Waals surface area contributed by atoms with E-state index in [2.05, 4.69) is 9.15 Å². The Bertz CT molecular complexity index is 185. The van der Waals surface area contributed by atoms with E-state index in [0.29, 0.717) is 5.75 Å². The summed E-state index contributed by atoms with van der Waals surface area (Å²) in [6, 6.07) is 1.56. The van der Waals surface area contributed by atoms with E-state index in [-0.39, 0.29) is 0 Å². The van der Waals surface area contributed by atoms with Gasteiger partial charge in [0.25, 0.3) is 6.26 Å². The molecule has 0 aliphatic heterocycles. The highest BCUT2D eigenvalue weighted by molar-refractivity contribution is 5.14. The van der Waals surface area contributed by atoms with Crippen molar-refractivity contribution in [3.63, 3.8) is 0 Å². The Morgan fingerprint density at radius 2 is 2.62 bits per heavy atom. The van der Waals surface area contributed by atoms with Crippen LogP contribution in [0.4, 0.5) is 0 Å². The second-order valence-corrected chi connectivity index (χ2v) is 1.15. The summed E-state index contributed by atoms with van der Waals surface area (Å²) in [5.74, 6) is 0.438. The first kappa shape index (κ1) is 4.72. The number of nitrogens with zero attached hydrogens (tertiary/aromatic N) is 1. The first-order chi connectivity index (χ1) is 3.93. The fourth-order valence-electron chi connectivity index (χ4n) is 0.363. The summed E-state index contributed by atoms with van der Waals surface area (Å²) < 4.78 is 8.95. The maximum atomic E-state index is 7.92. The zero-order chi connectivity index (χ0) is 5.82. The van der Waals surface area contributed by atoms with Crippen LogP contribution in [-0.4, -0.2) is 0 Å². The van der Waals surface area contributed by atoms with Crippen LogP contribution in [0.2, 0.25) is 0 Å². The molecule has 0 radical (unpaired) electrons. The summed E-state index contributed by atoms with van der Waals surface area (Å²) in [6.07, 6.45) is 4.30. The van der Waals surface area contributed by atoms with Crippen LogP contribution in [0.1, 0.15) is 0 Å². The summed E-state index contributed by atoms with van der Waals surface area (Å²) in [7, 11) is 0. The molecule has 1 heterocycles.